The normalized spacial score (nSPS) is 19.5. The molecule has 0 radical (unpaired) electrons. The number of benzene rings is 2. The summed E-state index contributed by atoms with van der Waals surface area (Å²) in [6, 6.07) is 7.74. The number of alkyl halides is 11. The van der Waals surface area contributed by atoms with Gasteiger partial charge in [-0.15, -0.1) is 0 Å². The maximum Gasteiger partial charge on any atom is 0.490 e. The molecule has 1 aliphatic heterocycles. The average Bonchev–Trinajstić information content (AvgIpc) is 2.96. The molecule has 16 heteroatoms. The van der Waals surface area contributed by atoms with E-state index >= 15 is 0 Å². The van der Waals surface area contributed by atoms with E-state index in [0.29, 0.717) is 43.4 Å². The summed E-state index contributed by atoms with van der Waals surface area (Å²) in [4.78, 5) is 22.6. The van der Waals surface area contributed by atoms with Crippen molar-refractivity contribution < 1.29 is 68.1 Å². The largest absolute Gasteiger partial charge is 0.490 e. The topological polar surface area (TPSA) is 77.8 Å². The summed E-state index contributed by atoms with van der Waals surface area (Å²) in [6.07, 6.45) is -13.3. The van der Waals surface area contributed by atoms with Crippen molar-refractivity contribution >= 4 is 11.9 Å². The second-order valence-corrected chi connectivity index (χ2v) is 11.8. The van der Waals surface area contributed by atoms with E-state index in [1.165, 1.54) is 24.3 Å². The molecule has 0 amide bonds. The molecule has 0 aromatic heterocycles. The molecule has 0 aliphatic carbocycles. The van der Waals surface area contributed by atoms with Gasteiger partial charge in [-0.25, -0.2) is 4.79 Å². The van der Waals surface area contributed by atoms with E-state index in [-0.39, 0.29) is 11.8 Å². The van der Waals surface area contributed by atoms with Crippen molar-refractivity contribution in [2.75, 3.05) is 6.54 Å². The minimum absolute atomic E-state index is 0.241. The summed E-state index contributed by atoms with van der Waals surface area (Å²) >= 11 is 0. The van der Waals surface area contributed by atoms with Gasteiger partial charge in [0.05, 0.1) is 11.5 Å². The predicted molar refractivity (Wildman–Crippen MR) is 147 cm³/mol. The zero-order valence-corrected chi connectivity index (χ0v) is 25.4. The summed E-state index contributed by atoms with van der Waals surface area (Å²) in [5, 5.41) is 16.7. The van der Waals surface area contributed by atoms with Crippen LogP contribution in [0.25, 0.3) is 0 Å². The van der Waals surface area contributed by atoms with E-state index in [0.717, 1.165) is 24.3 Å². The summed E-state index contributed by atoms with van der Waals surface area (Å²) in [5.74, 6) is -9.48. The lowest BCUT2D eigenvalue weighted by molar-refractivity contribution is -0.289. The summed E-state index contributed by atoms with van der Waals surface area (Å²) < 4.78 is 138. The highest BCUT2D eigenvalue weighted by molar-refractivity contribution is 5.73. The highest BCUT2D eigenvalue weighted by Crippen LogP contribution is 2.46. The van der Waals surface area contributed by atoms with Crippen LogP contribution >= 0.6 is 0 Å². The van der Waals surface area contributed by atoms with Crippen molar-refractivity contribution in [3.05, 3.63) is 70.8 Å². The monoisotopic (exact) mass is 693 g/mol. The van der Waals surface area contributed by atoms with Crippen molar-refractivity contribution in [2.45, 2.75) is 83.0 Å². The van der Waals surface area contributed by atoms with Gasteiger partial charge in [0, 0.05) is 17.6 Å². The van der Waals surface area contributed by atoms with Gasteiger partial charge in [0.1, 0.15) is 0 Å². The van der Waals surface area contributed by atoms with E-state index in [9.17, 15) is 58.2 Å². The van der Waals surface area contributed by atoms with Crippen molar-refractivity contribution in [1.82, 2.24) is 4.90 Å². The highest BCUT2D eigenvalue weighted by atomic mass is 19.4. The lowest BCUT2D eigenvalue weighted by Gasteiger charge is -2.45. The van der Waals surface area contributed by atoms with Crippen LogP contribution in [0.4, 0.5) is 48.3 Å². The lowest BCUT2D eigenvalue weighted by atomic mass is 9.78. The Morgan fingerprint density at radius 2 is 1.28 bits per heavy atom. The van der Waals surface area contributed by atoms with Crippen molar-refractivity contribution in [3.63, 3.8) is 0 Å². The number of halogens is 11. The van der Waals surface area contributed by atoms with Crippen molar-refractivity contribution in [2.24, 2.45) is 17.8 Å². The van der Waals surface area contributed by atoms with E-state index in [2.05, 4.69) is 0 Å². The van der Waals surface area contributed by atoms with E-state index in [4.69, 9.17) is 9.90 Å². The lowest BCUT2D eigenvalue weighted by Crippen LogP contribution is -2.42. The van der Waals surface area contributed by atoms with Gasteiger partial charge in [0.2, 0.25) is 0 Å². The van der Waals surface area contributed by atoms with Gasteiger partial charge < -0.3 is 10.2 Å². The number of aliphatic carboxylic acids is 2. The SMILES string of the molecule is CC(C)CC[C@H](c1ccc(C(F)(F)C(F)(F)F)cc1)N1CC[C@@H](C(C)C(=O)O)C[C@H]1c1ccc(C(F)(F)F)cc1.O=C(O)C(F)(F)F. The van der Waals surface area contributed by atoms with Crippen LogP contribution in [-0.4, -0.2) is 45.9 Å². The average molecular weight is 694 g/mol. The quantitative estimate of drug-likeness (QED) is 0.256. The summed E-state index contributed by atoms with van der Waals surface area (Å²) in [5.41, 5.74) is -0.958. The van der Waals surface area contributed by atoms with E-state index in [1.807, 2.05) is 18.7 Å². The van der Waals surface area contributed by atoms with Gasteiger partial charge in [0.25, 0.3) is 0 Å². The number of carboxylic acid groups (broad SMARTS) is 2. The van der Waals surface area contributed by atoms with Crippen molar-refractivity contribution in [1.29, 1.82) is 0 Å². The fourth-order valence-electron chi connectivity index (χ4n) is 5.35. The Balaban J connectivity index is 0.000000984. The number of nitrogens with zero attached hydrogens (tertiary/aromatic N) is 1. The van der Waals surface area contributed by atoms with Crippen molar-refractivity contribution in [3.8, 4) is 0 Å². The number of rotatable bonds is 9. The van der Waals surface area contributed by atoms with Crippen LogP contribution in [-0.2, 0) is 21.7 Å². The molecule has 5 nitrogen and oxygen atoms in total. The fraction of sp³-hybridized carbons (Fsp3) is 0.548. The van der Waals surface area contributed by atoms with Gasteiger partial charge in [-0.1, -0.05) is 57.2 Å². The second-order valence-electron chi connectivity index (χ2n) is 11.8. The number of likely N-dealkylation sites (tertiary alicyclic amines) is 1. The molecule has 264 valence electrons. The molecule has 1 aliphatic rings. The molecule has 1 heterocycles. The molecular formula is C31H34F11NO4. The Morgan fingerprint density at radius 1 is 0.787 bits per heavy atom. The Morgan fingerprint density at radius 3 is 1.68 bits per heavy atom. The smallest absolute Gasteiger partial charge is 0.481 e. The van der Waals surface area contributed by atoms with Gasteiger partial charge in [-0.2, -0.15) is 48.3 Å². The predicted octanol–water partition coefficient (Wildman–Crippen LogP) is 9.64. The van der Waals surface area contributed by atoms with Crippen LogP contribution in [0.5, 0.6) is 0 Å². The molecule has 1 saturated heterocycles. The molecule has 3 rings (SSSR count). The molecule has 2 aromatic rings. The molecule has 0 saturated carbocycles. The first-order chi connectivity index (χ1) is 21.4. The maximum atomic E-state index is 13.9. The molecule has 0 bridgehead atoms. The molecule has 47 heavy (non-hydrogen) atoms. The van der Waals surface area contributed by atoms with Crippen LogP contribution in [0, 0.1) is 17.8 Å². The summed E-state index contributed by atoms with van der Waals surface area (Å²) in [7, 11) is 0. The molecule has 4 atom stereocenters. The first kappa shape index (κ1) is 39.7. The number of carbonyl (C=O) groups is 2. The highest BCUT2D eigenvalue weighted by Gasteiger charge is 2.58. The van der Waals surface area contributed by atoms with Crippen LogP contribution in [0.3, 0.4) is 0 Å². The van der Waals surface area contributed by atoms with Crippen LogP contribution in [0.2, 0.25) is 0 Å². The Labute approximate surface area is 263 Å². The summed E-state index contributed by atoms with van der Waals surface area (Å²) in [6.45, 7) is 5.93. The molecule has 0 spiro atoms. The molecule has 1 unspecified atom stereocenters. The van der Waals surface area contributed by atoms with Gasteiger partial charge in [0.15, 0.2) is 0 Å². The maximum absolute atomic E-state index is 13.9. The Hall–Kier alpha value is -3.43. The Kier molecular flexibility index (Phi) is 12.9. The first-order valence-corrected chi connectivity index (χ1v) is 14.4. The zero-order chi connectivity index (χ0) is 36.1. The standard InChI is InChI=1S/C29H33F8NO2.C2HF3O2/c1-17(2)4-13-24(19-5-9-22(10-6-19)27(30,31)29(35,36)37)38-15-14-21(18(3)26(39)40)16-25(38)20-7-11-23(12-8-20)28(32,33)34;3-2(4,5)1(6)7/h5-12,17-18,21,24-25H,4,13-16H2,1-3H3,(H,39,40);(H,6,7)/t18?,21-,24-,25+;/m1./s1. The Bertz CT molecular complexity index is 1320. The van der Waals surface area contributed by atoms with E-state index in [1.54, 1.807) is 6.92 Å². The minimum atomic E-state index is -5.75. The fourth-order valence-corrected chi connectivity index (χ4v) is 5.35. The van der Waals surface area contributed by atoms with Crippen LogP contribution in [0.1, 0.15) is 80.8 Å². The van der Waals surface area contributed by atoms with Crippen LogP contribution in [0.15, 0.2) is 48.5 Å². The molecule has 1 fully saturated rings. The number of hydrogen-bond acceptors (Lipinski definition) is 3. The third-order valence-electron chi connectivity index (χ3n) is 8.08. The number of piperidine rings is 1. The minimum Gasteiger partial charge on any atom is -0.481 e. The van der Waals surface area contributed by atoms with Gasteiger partial charge in [-0.3, -0.25) is 9.69 Å². The zero-order valence-electron chi connectivity index (χ0n) is 25.4. The van der Waals surface area contributed by atoms with Gasteiger partial charge >= 0.3 is 36.4 Å². The third-order valence-corrected chi connectivity index (χ3v) is 8.08. The second kappa shape index (κ2) is 15.2. The van der Waals surface area contributed by atoms with Crippen LogP contribution < -0.4 is 0 Å². The number of carboxylic acids is 2. The third kappa shape index (κ3) is 10.5. The molecule has 2 aromatic carbocycles. The molecule has 2 N–H and O–H groups in total. The molecular weight excluding hydrogens is 659 g/mol. The van der Waals surface area contributed by atoms with E-state index < -0.39 is 65.5 Å². The first-order valence-electron chi connectivity index (χ1n) is 14.4. The number of hydrogen-bond donors (Lipinski definition) is 2. The van der Waals surface area contributed by atoms with Gasteiger partial charge in [-0.05, 0) is 67.3 Å².